The number of nitrogens with zero attached hydrogens (tertiary/aromatic N) is 3. The van der Waals surface area contributed by atoms with Crippen molar-refractivity contribution in [2.24, 2.45) is 10.9 Å². The van der Waals surface area contributed by atoms with Gasteiger partial charge in [-0.2, -0.15) is 4.98 Å². The van der Waals surface area contributed by atoms with E-state index in [4.69, 9.17) is 38.9 Å². The van der Waals surface area contributed by atoms with Crippen molar-refractivity contribution in [2.45, 2.75) is 6.92 Å². The molecule has 20 heavy (non-hydrogen) atoms. The van der Waals surface area contributed by atoms with Gasteiger partial charge in [-0.25, -0.2) is 4.98 Å². The molecule has 104 valence electrons. The molecular weight excluding hydrogens is 303 g/mol. The molecule has 0 fully saturated rings. The summed E-state index contributed by atoms with van der Waals surface area (Å²) in [6.07, 6.45) is 0. The van der Waals surface area contributed by atoms with Crippen LogP contribution < -0.4 is 10.5 Å². The van der Waals surface area contributed by atoms with Gasteiger partial charge in [0.05, 0.1) is 5.02 Å². The lowest BCUT2D eigenvalue weighted by molar-refractivity contribution is 0.318. The number of halogens is 2. The second-order valence-electron chi connectivity index (χ2n) is 3.84. The van der Waals surface area contributed by atoms with Crippen molar-refractivity contribution in [2.75, 3.05) is 0 Å². The first-order valence-electron chi connectivity index (χ1n) is 5.46. The molecule has 3 N–H and O–H groups in total. The third-order valence-electron chi connectivity index (χ3n) is 2.30. The second-order valence-corrected chi connectivity index (χ2v) is 4.68. The maximum absolute atomic E-state index is 8.66. The van der Waals surface area contributed by atoms with Gasteiger partial charge in [-0.3, -0.25) is 0 Å². The summed E-state index contributed by atoms with van der Waals surface area (Å²) >= 11 is 11.8. The second kappa shape index (κ2) is 5.94. The van der Waals surface area contributed by atoms with Crippen LogP contribution in [0.15, 0.2) is 29.4 Å². The lowest BCUT2D eigenvalue weighted by Crippen LogP contribution is -2.16. The minimum atomic E-state index is -0.137. The van der Waals surface area contributed by atoms with Crippen LogP contribution in [0.1, 0.15) is 11.4 Å². The summed E-state index contributed by atoms with van der Waals surface area (Å²) in [5.41, 5.74) is 6.33. The monoisotopic (exact) mass is 312 g/mol. The predicted octanol–water partition coefficient (Wildman–Crippen LogP) is 2.98. The third kappa shape index (κ3) is 3.28. The minimum Gasteiger partial charge on any atom is -0.423 e. The average Bonchev–Trinajstić information content (AvgIpc) is 2.40. The topological polar surface area (TPSA) is 93.6 Å². The highest BCUT2D eigenvalue weighted by molar-refractivity contribution is 6.35. The van der Waals surface area contributed by atoms with Crippen molar-refractivity contribution >= 4 is 29.0 Å². The molecule has 1 heterocycles. The Morgan fingerprint density at radius 3 is 2.70 bits per heavy atom. The average molecular weight is 313 g/mol. The summed E-state index contributed by atoms with van der Waals surface area (Å²) in [5.74, 6) is 0.217. The maximum Gasteiger partial charge on any atom is 0.322 e. The van der Waals surface area contributed by atoms with E-state index in [1.807, 2.05) is 0 Å². The Hall–Kier alpha value is -2.05. The number of hydrogen-bond donors (Lipinski definition) is 2. The molecule has 2 rings (SSSR count). The Morgan fingerprint density at radius 2 is 2.05 bits per heavy atom. The predicted molar refractivity (Wildman–Crippen MR) is 75.8 cm³/mol. The molecule has 0 saturated carbocycles. The number of aryl methyl sites for hydroxylation is 1. The lowest BCUT2D eigenvalue weighted by atomic mass is 10.3. The number of nitrogens with two attached hydrogens (primary N) is 1. The van der Waals surface area contributed by atoms with Crippen LogP contribution in [0.25, 0.3) is 0 Å². The molecule has 2 aromatic rings. The van der Waals surface area contributed by atoms with Crippen molar-refractivity contribution in [3.63, 3.8) is 0 Å². The standard InChI is InChI=1S/C12H10Cl2N4O2/c1-6-4-9(11(15)18-19)17-12(16-6)20-10-3-2-7(13)5-8(10)14/h2-5,19H,1H3,(H2,15,18). The smallest absolute Gasteiger partial charge is 0.322 e. The summed E-state index contributed by atoms with van der Waals surface area (Å²) in [4.78, 5) is 8.11. The zero-order valence-electron chi connectivity index (χ0n) is 10.3. The van der Waals surface area contributed by atoms with Gasteiger partial charge in [0, 0.05) is 10.7 Å². The lowest BCUT2D eigenvalue weighted by Gasteiger charge is -2.08. The number of oxime groups is 1. The molecule has 1 aromatic carbocycles. The van der Waals surface area contributed by atoms with Crippen molar-refractivity contribution in [3.05, 3.63) is 45.7 Å². The van der Waals surface area contributed by atoms with Crippen LogP contribution in [0.2, 0.25) is 10.0 Å². The van der Waals surface area contributed by atoms with Crippen LogP contribution in [0.3, 0.4) is 0 Å². The van der Waals surface area contributed by atoms with Crippen molar-refractivity contribution in [3.8, 4) is 11.8 Å². The van der Waals surface area contributed by atoms with Gasteiger partial charge >= 0.3 is 6.01 Å². The van der Waals surface area contributed by atoms with Gasteiger partial charge < -0.3 is 15.7 Å². The molecule has 0 aliphatic carbocycles. The quantitative estimate of drug-likeness (QED) is 0.393. The summed E-state index contributed by atoms with van der Waals surface area (Å²) in [6, 6.07) is 6.36. The van der Waals surface area contributed by atoms with Crippen LogP contribution >= 0.6 is 23.2 Å². The summed E-state index contributed by atoms with van der Waals surface area (Å²) in [5, 5.41) is 12.4. The third-order valence-corrected chi connectivity index (χ3v) is 2.83. The molecule has 8 heteroatoms. The highest BCUT2D eigenvalue weighted by Crippen LogP contribution is 2.30. The normalized spacial score (nSPS) is 11.4. The van der Waals surface area contributed by atoms with Gasteiger partial charge in [-0.05, 0) is 31.2 Å². The molecule has 0 radical (unpaired) electrons. The first-order valence-corrected chi connectivity index (χ1v) is 6.21. The first kappa shape index (κ1) is 14.4. The van der Waals surface area contributed by atoms with E-state index in [2.05, 4.69) is 15.1 Å². The summed E-state index contributed by atoms with van der Waals surface area (Å²) in [7, 11) is 0. The van der Waals surface area contributed by atoms with E-state index in [1.165, 1.54) is 0 Å². The Morgan fingerprint density at radius 1 is 1.30 bits per heavy atom. The SMILES string of the molecule is Cc1cc(/C(N)=N/O)nc(Oc2ccc(Cl)cc2Cl)n1. The van der Waals surface area contributed by atoms with E-state index in [9.17, 15) is 0 Å². The van der Waals surface area contributed by atoms with Gasteiger partial charge in [-0.1, -0.05) is 28.4 Å². The van der Waals surface area contributed by atoms with Gasteiger partial charge in [0.15, 0.2) is 5.84 Å². The number of ether oxygens (including phenoxy) is 1. The van der Waals surface area contributed by atoms with Crippen LogP contribution in [0.4, 0.5) is 0 Å². The Balaban J connectivity index is 2.36. The van der Waals surface area contributed by atoms with Crippen LogP contribution in [-0.4, -0.2) is 21.0 Å². The van der Waals surface area contributed by atoms with E-state index in [0.717, 1.165) is 0 Å². The summed E-state index contributed by atoms with van der Waals surface area (Å²) in [6.45, 7) is 1.73. The van der Waals surface area contributed by atoms with E-state index in [-0.39, 0.29) is 17.5 Å². The highest BCUT2D eigenvalue weighted by Gasteiger charge is 2.10. The van der Waals surface area contributed by atoms with E-state index >= 15 is 0 Å². The van der Waals surface area contributed by atoms with Crippen molar-refractivity contribution in [1.82, 2.24) is 9.97 Å². The Labute approximate surface area is 124 Å². The van der Waals surface area contributed by atoms with E-state index in [1.54, 1.807) is 31.2 Å². The fraction of sp³-hybridized carbons (Fsp3) is 0.0833. The molecule has 0 bridgehead atoms. The Kier molecular flexibility index (Phi) is 4.26. The zero-order chi connectivity index (χ0) is 14.7. The fourth-order valence-electron chi connectivity index (χ4n) is 1.43. The van der Waals surface area contributed by atoms with Crippen LogP contribution in [-0.2, 0) is 0 Å². The number of benzene rings is 1. The number of hydrogen-bond acceptors (Lipinski definition) is 5. The highest BCUT2D eigenvalue weighted by atomic mass is 35.5. The number of aromatic nitrogens is 2. The molecule has 0 aliphatic heterocycles. The minimum absolute atomic E-state index is 0.0378. The van der Waals surface area contributed by atoms with Crippen LogP contribution in [0.5, 0.6) is 11.8 Å². The molecule has 0 aliphatic rings. The molecule has 0 amide bonds. The number of rotatable bonds is 3. The van der Waals surface area contributed by atoms with E-state index < -0.39 is 0 Å². The fourth-order valence-corrected chi connectivity index (χ4v) is 1.87. The van der Waals surface area contributed by atoms with Gasteiger partial charge in [0.25, 0.3) is 0 Å². The molecule has 6 nitrogen and oxygen atoms in total. The Bertz CT molecular complexity index is 677. The zero-order valence-corrected chi connectivity index (χ0v) is 11.9. The largest absolute Gasteiger partial charge is 0.423 e. The van der Waals surface area contributed by atoms with Gasteiger partial charge in [0.2, 0.25) is 0 Å². The molecule has 1 aromatic heterocycles. The molecule has 0 spiro atoms. The molecule has 0 unspecified atom stereocenters. The molecule has 0 saturated heterocycles. The maximum atomic E-state index is 8.66. The van der Waals surface area contributed by atoms with Gasteiger partial charge in [0.1, 0.15) is 11.4 Å². The van der Waals surface area contributed by atoms with Gasteiger partial charge in [-0.15, -0.1) is 0 Å². The van der Waals surface area contributed by atoms with Crippen molar-refractivity contribution in [1.29, 1.82) is 0 Å². The number of amidine groups is 1. The summed E-state index contributed by atoms with van der Waals surface area (Å²) < 4.78 is 5.48. The van der Waals surface area contributed by atoms with E-state index in [0.29, 0.717) is 21.5 Å². The molecular formula is C12H10Cl2N4O2. The van der Waals surface area contributed by atoms with Crippen molar-refractivity contribution < 1.29 is 9.94 Å². The van der Waals surface area contributed by atoms with Crippen LogP contribution in [0, 0.1) is 6.92 Å². The molecule has 0 atom stereocenters. The first-order chi connectivity index (χ1) is 9.49.